The van der Waals surface area contributed by atoms with E-state index in [0.717, 1.165) is 5.56 Å². The maximum atomic E-state index is 13.4. The number of rotatable bonds is 3. The van der Waals surface area contributed by atoms with Crippen molar-refractivity contribution in [3.05, 3.63) is 102 Å². The first-order valence-corrected chi connectivity index (χ1v) is 9.70. The summed E-state index contributed by atoms with van der Waals surface area (Å²) in [6.45, 7) is 0.182. The zero-order valence-electron chi connectivity index (χ0n) is 15.4. The van der Waals surface area contributed by atoms with Gasteiger partial charge in [0.15, 0.2) is 5.11 Å². The molecule has 1 heterocycles. The lowest BCUT2D eigenvalue weighted by atomic mass is 9.97. The van der Waals surface area contributed by atoms with Gasteiger partial charge in [0.25, 0.3) is 5.72 Å². The molecule has 0 unspecified atom stereocenters. The molecule has 0 amide bonds. The van der Waals surface area contributed by atoms with Crippen LogP contribution in [0.2, 0.25) is 0 Å². The van der Waals surface area contributed by atoms with E-state index in [1.54, 1.807) is 36.4 Å². The van der Waals surface area contributed by atoms with Gasteiger partial charge in [-0.05, 0) is 29.9 Å². The number of Topliss-reactive ketones (excluding diaryl/α,β-unsaturated/α-hetero) is 1. The molecule has 1 saturated heterocycles. The molecule has 0 bridgehead atoms. The first kappa shape index (κ1) is 18.0. The fraction of sp³-hybridized carbons (Fsp3) is 0.130. The quantitative estimate of drug-likeness (QED) is 0.657. The van der Waals surface area contributed by atoms with E-state index in [1.165, 1.54) is 9.80 Å². The van der Waals surface area contributed by atoms with Crippen LogP contribution in [-0.4, -0.2) is 31.7 Å². The van der Waals surface area contributed by atoms with Crippen molar-refractivity contribution in [3.8, 4) is 0 Å². The Hall–Kier alpha value is -3.06. The average molecular weight is 402 g/mol. The van der Waals surface area contributed by atoms with E-state index in [9.17, 15) is 15.0 Å². The number of thiocarbonyl (C=S) groups is 1. The van der Waals surface area contributed by atoms with Crippen molar-refractivity contribution in [1.82, 2.24) is 4.90 Å². The Morgan fingerprint density at radius 2 is 1.38 bits per heavy atom. The van der Waals surface area contributed by atoms with Gasteiger partial charge in [0, 0.05) is 23.4 Å². The van der Waals surface area contributed by atoms with Crippen LogP contribution in [0.1, 0.15) is 21.5 Å². The van der Waals surface area contributed by atoms with Gasteiger partial charge < -0.3 is 15.1 Å². The van der Waals surface area contributed by atoms with Crippen molar-refractivity contribution in [3.63, 3.8) is 0 Å². The number of fused-ring (bicyclic) bond motifs is 3. The van der Waals surface area contributed by atoms with Crippen LogP contribution in [0, 0.1) is 0 Å². The highest BCUT2D eigenvalue weighted by Crippen LogP contribution is 2.54. The van der Waals surface area contributed by atoms with E-state index >= 15 is 0 Å². The number of nitrogens with zero attached hydrogens (tertiary/aromatic N) is 2. The predicted octanol–water partition coefficient (Wildman–Crippen LogP) is 3.02. The first-order valence-electron chi connectivity index (χ1n) is 9.29. The van der Waals surface area contributed by atoms with Gasteiger partial charge in [-0.2, -0.15) is 0 Å². The molecule has 5 rings (SSSR count). The maximum Gasteiger partial charge on any atom is 0.259 e. The van der Waals surface area contributed by atoms with Crippen LogP contribution in [0.3, 0.4) is 0 Å². The molecule has 0 radical (unpaired) electrons. The van der Waals surface area contributed by atoms with E-state index < -0.39 is 17.2 Å². The van der Waals surface area contributed by atoms with Crippen LogP contribution < -0.4 is 4.90 Å². The number of hydrogen-bond donors (Lipinski definition) is 2. The smallest absolute Gasteiger partial charge is 0.259 e. The van der Waals surface area contributed by atoms with Crippen LogP contribution >= 0.6 is 12.2 Å². The number of carbonyl (C=O) groups is 1. The fourth-order valence-electron chi connectivity index (χ4n) is 4.33. The Bertz CT molecular complexity index is 1120. The highest BCUT2D eigenvalue weighted by molar-refractivity contribution is 7.80. The summed E-state index contributed by atoms with van der Waals surface area (Å²) in [6.07, 6.45) is 0. The van der Waals surface area contributed by atoms with Crippen molar-refractivity contribution >= 4 is 28.8 Å². The van der Waals surface area contributed by atoms with Gasteiger partial charge in [-0.3, -0.25) is 9.69 Å². The minimum atomic E-state index is -2.24. The van der Waals surface area contributed by atoms with E-state index in [4.69, 9.17) is 12.2 Å². The number of carbonyl (C=O) groups excluding carboxylic acids is 1. The third-order valence-electron chi connectivity index (χ3n) is 5.68. The Kier molecular flexibility index (Phi) is 3.86. The summed E-state index contributed by atoms with van der Waals surface area (Å²) in [5.74, 6) is -0.563. The molecule has 1 aliphatic heterocycles. The van der Waals surface area contributed by atoms with Crippen LogP contribution in [0.15, 0.2) is 84.9 Å². The lowest BCUT2D eigenvalue weighted by Gasteiger charge is -2.37. The van der Waals surface area contributed by atoms with Crippen LogP contribution in [-0.2, 0) is 12.3 Å². The van der Waals surface area contributed by atoms with E-state index in [1.807, 2.05) is 48.5 Å². The van der Waals surface area contributed by atoms with Gasteiger partial charge in [-0.25, -0.2) is 0 Å². The summed E-state index contributed by atoms with van der Waals surface area (Å²) in [5.41, 5.74) is -2.18. The minimum Gasteiger partial charge on any atom is -0.362 e. The highest BCUT2D eigenvalue weighted by Gasteiger charge is 2.74. The molecule has 0 spiro atoms. The molecule has 1 fully saturated rings. The summed E-state index contributed by atoms with van der Waals surface area (Å²) >= 11 is 5.70. The number of anilines is 1. The number of para-hydroxylation sites is 1. The fourth-order valence-corrected chi connectivity index (χ4v) is 4.76. The Morgan fingerprint density at radius 1 is 0.793 bits per heavy atom. The van der Waals surface area contributed by atoms with Crippen molar-refractivity contribution in [2.45, 2.75) is 18.0 Å². The minimum absolute atomic E-state index is 0.182. The van der Waals surface area contributed by atoms with Gasteiger partial charge in [0.2, 0.25) is 11.5 Å². The molecule has 29 heavy (non-hydrogen) atoms. The summed E-state index contributed by atoms with van der Waals surface area (Å²) in [6, 6.07) is 25.3. The zero-order chi connectivity index (χ0) is 20.2. The van der Waals surface area contributed by atoms with Crippen LogP contribution in [0.25, 0.3) is 0 Å². The topological polar surface area (TPSA) is 64.0 Å². The monoisotopic (exact) mass is 402 g/mol. The van der Waals surface area contributed by atoms with Gasteiger partial charge in [0.05, 0.1) is 0 Å². The van der Waals surface area contributed by atoms with Crippen molar-refractivity contribution in [2.75, 3.05) is 4.90 Å². The SMILES string of the molecule is O=C1c2ccccc2[C@@]2(O)N(c3ccccc3)C(=S)N(Cc3ccccc3)[C@@]12O. The summed E-state index contributed by atoms with van der Waals surface area (Å²) in [4.78, 5) is 16.3. The molecule has 2 aliphatic rings. The molecular weight excluding hydrogens is 384 g/mol. The van der Waals surface area contributed by atoms with Crippen molar-refractivity contribution in [1.29, 1.82) is 0 Å². The highest BCUT2D eigenvalue weighted by atomic mass is 32.1. The predicted molar refractivity (Wildman–Crippen MR) is 113 cm³/mol. The molecule has 1 aliphatic carbocycles. The zero-order valence-corrected chi connectivity index (χ0v) is 16.2. The standard InChI is InChI=1S/C23H18N2O3S/c26-20-18-13-7-8-14-19(18)22(27)23(20,28)24(15-16-9-3-1-4-10-16)21(29)25(22)17-11-5-2-6-12-17/h1-14,27-28H,15H2/t22-,23+/m0/s1. The molecular formula is C23H18N2O3S. The van der Waals surface area contributed by atoms with Crippen LogP contribution in [0.5, 0.6) is 0 Å². The second-order valence-electron chi connectivity index (χ2n) is 7.24. The Labute approximate surface area is 173 Å². The molecule has 6 heteroatoms. The lowest BCUT2D eigenvalue weighted by molar-refractivity contribution is -0.156. The second-order valence-corrected chi connectivity index (χ2v) is 7.61. The summed E-state index contributed by atoms with van der Waals surface area (Å²) < 4.78 is 0. The Morgan fingerprint density at radius 3 is 2.07 bits per heavy atom. The van der Waals surface area contributed by atoms with Gasteiger partial charge in [-0.15, -0.1) is 0 Å². The summed E-state index contributed by atoms with van der Waals surface area (Å²) in [5, 5.41) is 24.0. The number of benzene rings is 3. The molecule has 3 aromatic carbocycles. The van der Waals surface area contributed by atoms with Gasteiger partial charge in [0.1, 0.15) is 0 Å². The van der Waals surface area contributed by atoms with E-state index in [2.05, 4.69) is 0 Å². The summed E-state index contributed by atoms with van der Waals surface area (Å²) in [7, 11) is 0. The number of hydrogen-bond acceptors (Lipinski definition) is 4. The second kappa shape index (κ2) is 6.22. The van der Waals surface area contributed by atoms with Gasteiger partial charge >= 0.3 is 0 Å². The van der Waals surface area contributed by atoms with Crippen molar-refractivity contribution < 1.29 is 15.0 Å². The van der Waals surface area contributed by atoms with E-state index in [-0.39, 0.29) is 11.7 Å². The largest absolute Gasteiger partial charge is 0.362 e. The molecule has 5 nitrogen and oxygen atoms in total. The first-order chi connectivity index (χ1) is 14.0. The van der Waals surface area contributed by atoms with Gasteiger partial charge in [-0.1, -0.05) is 72.8 Å². The number of aliphatic hydroxyl groups is 2. The third kappa shape index (κ3) is 2.22. The molecule has 2 atom stereocenters. The number of ketones is 1. The third-order valence-corrected chi connectivity index (χ3v) is 6.09. The Balaban J connectivity index is 1.74. The lowest BCUT2D eigenvalue weighted by Crippen LogP contribution is -2.60. The molecule has 144 valence electrons. The maximum absolute atomic E-state index is 13.4. The normalized spacial score (nSPS) is 25.3. The molecule has 0 saturated carbocycles. The average Bonchev–Trinajstić information content (AvgIpc) is 3.04. The molecule has 2 N–H and O–H groups in total. The van der Waals surface area contributed by atoms with Crippen molar-refractivity contribution in [2.24, 2.45) is 0 Å². The van der Waals surface area contributed by atoms with E-state index in [0.29, 0.717) is 16.8 Å². The molecule has 0 aromatic heterocycles. The molecule has 3 aromatic rings. The van der Waals surface area contributed by atoms with Crippen LogP contribution in [0.4, 0.5) is 5.69 Å².